The summed E-state index contributed by atoms with van der Waals surface area (Å²) >= 11 is 1.39. The van der Waals surface area contributed by atoms with Crippen LogP contribution >= 0.6 is 11.3 Å². The highest BCUT2D eigenvalue weighted by Crippen LogP contribution is 2.07. The van der Waals surface area contributed by atoms with E-state index in [4.69, 9.17) is 11.7 Å². The number of nitriles is 1. The molecule has 0 aliphatic carbocycles. The molecule has 1 heterocycles. The molecule has 48 valence electrons. The molecule has 0 unspecified atom stereocenters. The van der Waals surface area contributed by atoms with Crippen molar-refractivity contribution in [2.45, 2.75) is 6.42 Å². The summed E-state index contributed by atoms with van der Waals surface area (Å²) in [6.07, 6.45) is 5.42. The number of terminal acetylenes is 1. The second-order valence-electron chi connectivity index (χ2n) is 1.62. The first-order valence-corrected chi connectivity index (χ1v) is 3.52. The summed E-state index contributed by atoms with van der Waals surface area (Å²) in [5.41, 5.74) is 0.764. The number of thiazole rings is 1. The van der Waals surface area contributed by atoms with Crippen LogP contribution in [0.4, 0.5) is 0 Å². The molecule has 0 aliphatic heterocycles. The maximum absolute atomic E-state index is 8.26. The number of hydrogen-bond acceptors (Lipinski definition) is 3. The van der Waals surface area contributed by atoms with Crippen molar-refractivity contribution in [2.75, 3.05) is 0 Å². The summed E-state index contributed by atoms with van der Waals surface area (Å²) in [5.74, 6) is 2.40. The molecular formula is C7H4N2S. The van der Waals surface area contributed by atoms with Gasteiger partial charge in [-0.1, -0.05) is 0 Å². The molecule has 0 saturated heterocycles. The van der Waals surface area contributed by atoms with Gasteiger partial charge in [0.05, 0.1) is 18.2 Å². The van der Waals surface area contributed by atoms with E-state index in [-0.39, 0.29) is 0 Å². The van der Waals surface area contributed by atoms with E-state index >= 15 is 0 Å². The van der Waals surface area contributed by atoms with E-state index in [1.807, 2.05) is 6.07 Å². The molecule has 0 aromatic carbocycles. The molecule has 1 aromatic rings. The van der Waals surface area contributed by atoms with Crippen molar-refractivity contribution in [3.05, 3.63) is 16.1 Å². The van der Waals surface area contributed by atoms with Crippen LogP contribution in [-0.4, -0.2) is 4.98 Å². The molecule has 1 rings (SSSR count). The average molecular weight is 148 g/mol. The average Bonchev–Trinajstić information content (AvgIpc) is 2.37. The van der Waals surface area contributed by atoms with Crippen molar-refractivity contribution in [2.24, 2.45) is 0 Å². The fourth-order valence-corrected chi connectivity index (χ4v) is 1.16. The molecule has 0 spiro atoms. The normalized spacial score (nSPS) is 8.20. The molecule has 3 heteroatoms. The molecule has 0 radical (unpaired) electrons. The van der Waals surface area contributed by atoms with Gasteiger partial charge in [-0.3, -0.25) is 0 Å². The molecule has 1 aromatic heterocycles. The Morgan fingerprint density at radius 3 is 3.10 bits per heavy atom. The fraction of sp³-hybridized carbons (Fsp3) is 0.143. The monoisotopic (exact) mass is 148 g/mol. The summed E-state index contributed by atoms with van der Waals surface area (Å²) in [6, 6.07) is 2.00. The topological polar surface area (TPSA) is 36.7 Å². The SMILES string of the molecule is C#Cc1nc(CC#N)cs1. The van der Waals surface area contributed by atoms with Crippen LogP contribution in [0.2, 0.25) is 0 Å². The summed E-state index contributed by atoms with van der Waals surface area (Å²) in [7, 11) is 0. The first-order valence-electron chi connectivity index (χ1n) is 2.65. The number of rotatable bonds is 1. The Morgan fingerprint density at radius 2 is 2.60 bits per heavy atom. The zero-order valence-electron chi connectivity index (χ0n) is 5.16. The third-order valence-electron chi connectivity index (χ3n) is 0.935. The second kappa shape index (κ2) is 3.00. The van der Waals surface area contributed by atoms with Gasteiger partial charge in [-0.05, 0) is 5.92 Å². The first-order chi connectivity index (χ1) is 4.86. The predicted molar refractivity (Wildman–Crippen MR) is 39.4 cm³/mol. The third kappa shape index (κ3) is 1.34. The largest absolute Gasteiger partial charge is 0.232 e. The zero-order chi connectivity index (χ0) is 7.40. The predicted octanol–water partition coefficient (Wildman–Crippen LogP) is 1.19. The van der Waals surface area contributed by atoms with Crippen LogP contribution in [0.1, 0.15) is 10.7 Å². The summed E-state index contributed by atoms with van der Waals surface area (Å²) < 4.78 is 0. The van der Waals surface area contributed by atoms with Crippen LogP contribution in [0.5, 0.6) is 0 Å². The zero-order valence-corrected chi connectivity index (χ0v) is 5.98. The summed E-state index contributed by atoms with van der Waals surface area (Å²) in [6.45, 7) is 0. The second-order valence-corrected chi connectivity index (χ2v) is 2.48. The number of hydrogen-bond donors (Lipinski definition) is 0. The molecule has 0 amide bonds. The Bertz CT molecular complexity index is 300. The summed E-state index contributed by atoms with van der Waals surface area (Å²) in [4.78, 5) is 3.98. The van der Waals surface area contributed by atoms with E-state index in [9.17, 15) is 0 Å². The summed E-state index contributed by atoms with van der Waals surface area (Å²) in [5, 5.41) is 10.7. The van der Waals surface area contributed by atoms with Crippen molar-refractivity contribution in [1.29, 1.82) is 5.26 Å². The van der Waals surface area contributed by atoms with Gasteiger partial charge in [-0.25, -0.2) is 4.98 Å². The van der Waals surface area contributed by atoms with Crippen LogP contribution in [0.15, 0.2) is 5.38 Å². The van der Waals surface area contributed by atoms with Gasteiger partial charge >= 0.3 is 0 Å². The van der Waals surface area contributed by atoms with Crippen molar-refractivity contribution in [1.82, 2.24) is 4.98 Å². The van der Waals surface area contributed by atoms with Crippen LogP contribution in [-0.2, 0) is 6.42 Å². The van der Waals surface area contributed by atoms with Crippen molar-refractivity contribution in [3.63, 3.8) is 0 Å². The van der Waals surface area contributed by atoms with Crippen LogP contribution in [0.25, 0.3) is 0 Å². The molecule has 0 bridgehead atoms. The third-order valence-corrected chi connectivity index (χ3v) is 1.76. The standard InChI is InChI=1S/C7H4N2S/c1-2-7-9-6(3-4-8)5-10-7/h1,5H,3H2. The lowest BCUT2D eigenvalue weighted by Crippen LogP contribution is -1.79. The van der Waals surface area contributed by atoms with Crippen LogP contribution < -0.4 is 0 Å². The molecular weight excluding hydrogens is 144 g/mol. The minimum absolute atomic E-state index is 0.345. The van der Waals surface area contributed by atoms with E-state index < -0.39 is 0 Å². The molecule has 0 atom stereocenters. The quantitative estimate of drug-likeness (QED) is 0.561. The molecule has 0 fully saturated rings. The van der Waals surface area contributed by atoms with Crippen molar-refractivity contribution in [3.8, 4) is 18.4 Å². The van der Waals surface area contributed by atoms with Crippen LogP contribution in [0, 0.1) is 23.7 Å². The van der Waals surface area contributed by atoms with Gasteiger partial charge in [0.1, 0.15) is 0 Å². The fourth-order valence-electron chi connectivity index (χ4n) is 0.535. The molecule has 0 N–H and O–H groups in total. The minimum Gasteiger partial charge on any atom is -0.232 e. The van der Waals surface area contributed by atoms with Crippen molar-refractivity contribution >= 4 is 11.3 Å². The van der Waals surface area contributed by atoms with Gasteiger partial charge in [0, 0.05) is 5.38 Å². The first kappa shape index (κ1) is 6.80. The van der Waals surface area contributed by atoms with E-state index in [0.717, 1.165) is 5.69 Å². The Labute approximate surface area is 63.1 Å². The van der Waals surface area contributed by atoms with Gasteiger partial charge in [0.25, 0.3) is 0 Å². The van der Waals surface area contributed by atoms with Gasteiger partial charge in [0.15, 0.2) is 5.01 Å². The molecule has 0 saturated carbocycles. The van der Waals surface area contributed by atoms with Crippen LogP contribution in [0.3, 0.4) is 0 Å². The minimum atomic E-state index is 0.345. The molecule has 2 nitrogen and oxygen atoms in total. The van der Waals surface area contributed by atoms with Gasteiger partial charge in [-0.2, -0.15) is 5.26 Å². The van der Waals surface area contributed by atoms with Gasteiger partial charge in [-0.15, -0.1) is 17.8 Å². The van der Waals surface area contributed by atoms with E-state index in [2.05, 4.69) is 10.9 Å². The van der Waals surface area contributed by atoms with Crippen molar-refractivity contribution < 1.29 is 0 Å². The highest BCUT2D eigenvalue weighted by molar-refractivity contribution is 7.10. The van der Waals surface area contributed by atoms with E-state index in [1.165, 1.54) is 11.3 Å². The Kier molecular flexibility index (Phi) is 2.04. The lowest BCUT2D eigenvalue weighted by molar-refractivity contribution is 1.15. The highest BCUT2D eigenvalue weighted by atomic mass is 32.1. The highest BCUT2D eigenvalue weighted by Gasteiger charge is 1.96. The number of aromatic nitrogens is 1. The Morgan fingerprint density at radius 1 is 1.80 bits per heavy atom. The van der Waals surface area contributed by atoms with E-state index in [0.29, 0.717) is 11.4 Å². The lowest BCUT2D eigenvalue weighted by Gasteiger charge is -1.77. The maximum Gasteiger partial charge on any atom is 0.166 e. The smallest absolute Gasteiger partial charge is 0.166 e. The molecule has 10 heavy (non-hydrogen) atoms. The number of nitrogens with zero attached hydrogens (tertiary/aromatic N) is 2. The van der Waals surface area contributed by atoms with Gasteiger partial charge in [0.2, 0.25) is 0 Å². The molecule has 0 aliphatic rings. The lowest BCUT2D eigenvalue weighted by atomic mass is 10.4. The van der Waals surface area contributed by atoms with E-state index in [1.54, 1.807) is 5.38 Å². The van der Waals surface area contributed by atoms with Gasteiger partial charge < -0.3 is 0 Å². The Balaban J connectivity index is 2.83. The maximum atomic E-state index is 8.26. The Hall–Kier alpha value is -1.32.